The quantitative estimate of drug-likeness (QED) is 0.877. The average Bonchev–Trinajstić information content (AvgIpc) is 2.66. The molecule has 7 heteroatoms. The van der Waals surface area contributed by atoms with Crippen LogP contribution in [0.5, 0.6) is 0 Å². The van der Waals surface area contributed by atoms with E-state index in [0.717, 1.165) is 0 Å². The lowest BCUT2D eigenvalue weighted by Gasteiger charge is -2.26. The first-order chi connectivity index (χ1) is 9.66. The van der Waals surface area contributed by atoms with Crippen LogP contribution in [0.15, 0.2) is 17.0 Å². The van der Waals surface area contributed by atoms with Crippen molar-refractivity contribution in [2.24, 2.45) is 0 Å². The van der Waals surface area contributed by atoms with Crippen molar-refractivity contribution in [2.45, 2.75) is 43.8 Å². The van der Waals surface area contributed by atoms with Crippen molar-refractivity contribution in [1.29, 1.82) is 0 Å². The Hall–Kier alpha value is -1.02. The van der Waals surface area contributed by atoms with Gasteiger partial charge in [0.25, 0.3) is 0 Å². The third-order valence-corrected chi connectivity index (χ3v) is 5.63. The Labute approximate surface area is 124 Å². The third kappa shape index (κ3) is 3.26. The summed E-state index contributed by atoms with van der Waals surface area (Å²) in [5.41, 5.74) is -0.542. The van der Waals surface area contributed by atoms with Gasteiger partial charge in [0.1, 0.15) is 11.4 Å². The smallest absolute Gasteiger partial charge is 0.241 e. The molecule has 0 bridgehead atoms. The molecule has 0 amide bonds. The summed E-state index contributed by atoms with van der Waals surface area (Å²) in [7, 11) is -3.82. The number of halogens is 1. The number of aliphatic hydroxyl groups is 1. The molecule has 118 valence electrons. The fourth-order valence-electron chi connectivity index (χ4n) is 2.62. The summed E-state index contributed by atoms with van der Waals surface area (Å²) in [4.78, 5) is 0.0547. The minimum atomic E-state index is -3.82. The maximum Gasteiger partial charge on any atom is 0.241 e. The number of benzene rings is 1. The van der Waals surface area contributed by atoms with Crippen molar-refractivity contribution < 1.29 is 22.7 Å². The van der Waals surface area contributed by atoms with Crippen molar-refractivity contribution in [2.75, 3.05) is 13.2 Å². The Bertz CT molecular complexity index is 623. The van der Waals surface area contributed by atoms with Crippen molar-refractivity contribution in [1.82, 2.24) is 4.72 Å². The zero-order valence-corrected chi connectivity index (χ0v) is 13.1. The molecule has 0 radical (unpaired) electrons. The van der Waals surface area contributed by atoms with Gasteiger partial charge < -0.3 is 9.84 Å². The van der Waals surface area contributed by atoms with Crippen molar-refractivity contribution in [3.63, 3.8) is 0 Å². The highest BCUT2D eigenvalue weighted by Crippen LogP contribution is 2.26. The molecule has 1 saturated heterocycles. The second-order valence-corrected chi connectivity index (χ2v) is 7.26. The van der Waals surface area contributed by atoms with Gasteiger partial charge in [-0.1, -0.05) is 0 Å². The molecule has 2 N–H and O–H groups in total. The molecule has 1 aliphatic heterocycles. The molecule has 2 rings (SSSR count). The zero-order valence-electron chi connectivity index (χ0n) is 12.3. The predicted molar refractivity (Wildman–Crippen MR) is 76.0 cm³/mol. The highest BCUT2D eigenvalue weighted by Gasteiger charge is 2.40. The molecule has 1 aromatic carbocycles. The summed E-state index contributed by atoms with van der Waals surface area (Å²) in [6, 6.07) is 2.36. The van der Waals surface area contributed by atoms with Crippen molar-refractivity contribution in [3.8, 4) is 0 Å². The molecule has 1 aromatic rings. The molecule has 1 fully saturated rings. The molecule has 0 spiro atoms. The first kappa shape index (κ1) is 16.4. The van der Waals surface area contributed by atoms with Crippen molar-refractivity contribution in [3.05, 3.63) is 29.1 Å². The molecule has 0 aliphatic carbocycles. The number of hydrogen-bond acceptors (Lipinski definition) is 4. The van der Waals surface area contributed by atoms with E-state index in [1.165, 1.54) is 12.1 Å². The van der Waals surface area contributed by atoms with Gasteiger partial charge in [-0.15, -0.1) is 0 Å². The first-order valence-corrected chi connectivity index (χ1v) is 8.24. The highest BCUT2D eigenvalue weighted by molar-refractivity contribution is 7.89. The van der Waals surface area contributed by atoms with E-state index in [2.05, 4.69) is 4.72 Å². The van der Waals surface area contributed by atoms with Crippen LogP contribution in [0, 0.1) is 19.7 Å². The standard InChI is InChI=1S/C14H20FNO4S/c1-9-6-12(15)7-10(2)13(9)21(18,19)16-8-14(17)4-5-20-11(14)3/h6-7,11,16-17H,4-5,8H2,1-3H3. The summed E-state index contributed by atoms with van der Waals surface area (Å²) in [6.07, 6.45) is -0.0615. The van der Waals surface area contributed by atoms with Crippen LogP contribution >= 0.6 is 0 Å². The van der Waals surface area contributed by atoms with Gasteiger partial charge in [0.15, 0.2) is 0 Å². The molecule has 1 heterocycles. The van der Waals surface area contributed by atoms with Gasteiger partial charge in [0.2, 0.25) is 10.0 Å². The lowest BCUT2D eigenvalue weighted by Crippen LogP contribution is -2.47. The van der Waals surface area contributed by atoms with Crippen LogP contribution in [0.3, 0.4) is 0 Å². The maximum atomic E-state index is 13.3. The number of aryl methyl sites for hydroxylation is 2. The SMILES string of the molecule is Cc1cc(F)cc(C)c1S(=O)(=O)NCC1(O)CCOC1C. The van der Waals surface area contributed by atoms with Gasteiger partial charge in [-0.25, -0.2) is 17.5 Å². The molecule has 1 aliphatic rings. The van der Waals surface area contributed by atoms with E-state index in [1.54, 1.807) is 20.8 Å². The molecular formula is C14H20FNO4S. The zero-order chi connectivity index (χ0) is 15.8. The third-order valence-electron chi connectivity index (χ3n) is 3.92. The summed E-state index contributed by atoms with van der Waals surface area (Å²) >= 11 is 0. The van der Waals surface area contributed by atoms with E-state index in [1.807, 2.05) is 0 Å². The predicted octanol–water partition coefficient (Wildman–Crippen LogP) is 1.26. The monoisotopic (exact) mass is 317 g/mol. The van der Waals surface area contributed by atoms with Gasteiger partial charge in [0, 0.05) is 19.6 Å². The van der Waals surface area contributed by atoms with Crippen LogP contribution in [0.1, 0.15) is 24.5 Å². The normalized spacial score (nSPS) is 26.2. The van der Waals surface area contributed by atoms with Crippen molar-refractivity contribution >= 4 is 10.0 Å². The number of nitrogens with one attached hydrogen (secondary N) is 1. The Kier molecular flexibility index (Phi) is 4.39. The molecular weight excluding hydrogens is 297 g/mol. The Morgan fingerprint density at radius 2 is 2.00 bits per heavy atom. The second-order valence-electron chi connectivity index (χ2n) is 5.56. The van der Waals surface area contributed by atoms with E-state index in [0.29, 0.717) is 24.2 Å². The summed E-state index contributed by atoms with van der Waals surface area (Å²) in [5, 5.41) is 10.3. The fourth-order valence-corrected chi connectivity index (χ4v) is 4.17. The number of hydrogen-bond donors (Lipinski definition) is 2. The van der Waals surface area contributed by atoms with E-state index < -0.39 is 27.5 Å². The molecule has 5 nitrogen and oxygen atoms in total. The second kappa shape index (κ2) is 5.64. The largest absolute Gasteiger partial charge is 0.386 e. The van der Waals surface area contributed by atoms with Crippen LogP contribution < -0.4 is 4.72 Å². The Morgan fingerprint density at radius 3 is 2.48 bits per heavy atom. The van der Waals surface area contributed by atoms with Crippen LogP contribution in [0.4, 0.5) is 4.39 Å². The minimum Gasteiger partial charge on any atom is -0.386 e. The first-order valence-electron chi connectivity index (χ1n) is 6.76. The van der Waals surface area contributed by atoms with Crippen LogP contribution in [0.25, 0.3) is 0 Å². The molecule has 2 unspecified atom stereocenters. The topological polar surface area (TPSA) is 75.6 Å². The van der Waals surface area contributed by atoms with Gasteiger partial charge in [-0.05, 0) is 44.0 Å². The van der Waals surface area contributed by atoms with Gasteiger partial charge in [0.05, 0.1) is 11.0 Å². The average molecular weight is 317 g/mol. The lowest BCUT2D eigenvalue weighted by atomic mass is 9.97. The van der Waals surface area contributed by atoms with Crippen LogP contribution in [0.2, 0.25) is 0 Å². The van der Waals surface area contributed by atoms with E-state index in [9.17, 15) is 17.9 Å². The van der Waals surface area contributed by atoms with Gasteiger partial charge in [-0.2, -0.15) is 0 Å². The Balaban J connectivity index is 2.24. The number of ether oxygens (including phenoxy) is 1. The molecule has 0 saturated carbocycles. The molecule has 2 atom stereocenters. The lowest BCUT2D eigenvalue weighted by molar-refractivity contribution is -0.0228. The van der Waals surface area contributed by atoms with Gasteiger partial charge >= 0.3 is 0 Å². The minimum absolute atomic E-state index is 0.0547. The fraction of sp³-hybridized carbons (Fsp3) is 0.571. The summed E-state index contributed by atoms with van der Waals surface area (Å²) < 4.78 is 45.8. The molecule has 21 heavy (non-hydrogen) atoms. The maximum absolute atomic E-state index is 13.3. The highest BCUT2D eigenvalue weighted by atomic mass is 32.2. The summed E-state index contributed by atoms with van der Waals surface area (Å²) in [5.74, 6) is -0.472. The molecule has 0 aromatic heterocycles. The van der Waals surface area contributed by atoms with Gasteiger partial charge in [-0.3, -0.25) is 0 Å². The van der Waals surface area contributed by atoms with Crippen LogP contribution in [-0.4, -0.2) is 38.4 Å². The van der Waals surface area contributed by atoms with Crippen LogP contribution in [-0.2, 0) is 14.8 Å². The number of sulfonamides is 1. The number of rotatable bonds is 4. The van der Waals surface area contributed by atoms with E-state index >= 15 is 0 Å². The summed E-state index contributed by atoms with van der Waals surface area (Å²) in [6.45, 7) is 5.05. The Morgan fingerprint density at radius 1 is 1.43 bits per heavy atom. The van der Waals surface area contributed by atoms with E-state index in [-0.39, 0.29) is 11.4 Å². The van der Waals surface area contributed by atoms with E-state index in [4.69, 9.17) is 4.74 Å².